The van der Waals surface area contributed by atoms with Gasteiger partial charge in [0.25, 0.3) is 0 Å². The van der Waals surface area contributed by atoms with Crippen LogP contribution in [0.4, 0.5) is 9.59 Å². The number of nitrogens with one attached hydrogen (secondary N) is 1. The van der Waals surface area contributed by atoms with Gasteiger partial charge in [-0.25, -0.2) is 14.2 Å². The molecule has 0 bridgehead atoms. The molecule has 1 aromatic carbocycles. The second-order valence-corrected chi connectivity index (χ2v) is 10.9. The van der Waals surface area contributed by atoms with Crippen molar-refractivity contribution < 1.29 is 19.1 Å². The first-order valence-corrected chi connectivity index (χ1v) is 11.7. The van der Waals surface area contributed by atoms with Crippen LogP contribution in [-0.4, -0.2) is 39.4 Å². The van der Waals surface area contributed by atoms with Gasteiger partial charge in [-0.1, -0.05) is 18.6 Å². The smallest absolute Gasteiger partial charge is 0.419 e. The standard InChI is InChI=1S/C25H36N5O4/c1-24(2,3)33-22(31)29(15-17-8-7-9-17)16-20-13-19-11-10-18(14-27-28-26)12-21(19)30(20)23(32)34-25(4,5)6/h10-13,17,26H,7-9,14-16H2,1-6H3/q+1. The highest BCUT2D eigenvalue weighted by atomic mass is 16.6. The third-order valence-corrected chi connectivity index (χ3v) is 5.55. The molecular weight excluding hydrogens is 434 g/mol. The zero-order chi connectivity index (χ0) is 25.1. The Labute approximate surface area is 200 Å². The molecule has 0 spiro atoms. The summed E-state index contributed by atoms with van der Waals surface area (Å²) in [7, 11) is 0. The zero-order valence-corrected chi connectivity index (χ0v) is 21.1. The number of ether oxygens (including phenoxy) is 2. The Kier molecular flexibility index (Phi) is 7.46. The second kappa shape index (κ2) is 9.97. The van der Waals surface area contributed by atoms with Gasteiger partial charge in [-0.2, -0.15) is 0 Å². The minimum Gasteiger partial charge on any atom is -0.444 e. The number of hydrogen-bond acceptors (Lipinski definition) is 6. The van der Waals surface area contributed by atoms with Gasteiger partial charge in [-0.05, 0) is 78.0 Å². The first kappa shape index (κ1) is 25.4. The maximum atomic E-state index is 13.3. The van der Waals surface area contributed by atoms with Gasteiger partial charge < -0.3 is 14.4 Å². The van der Waals surface area contributed by atoms with E-state index < -0.39 is 23.4 Å². The third kappa shape index (κ3) is 6.67. The van der Waals surface area contributed by atoms with E-state index in [9.17, 15) is 9.59 Å². The predicted molar refractivity (Wildman–Crippen MR) is 129 cm³/mol. The number of hydrogen-bond donors (Lipinski definition) is 1. The van der Waals surface area contributed by atoms with Crippen LogP contribution >= 0.6 is 0 Å². The molecule has 0 unspecified atom stereocenters. The number of carbonyl (C=O) groups is 2. The van der Waals surface area contributed by atoms with Gasteiger partial charge in [-0.15, -0.1) is 0 Å². The van der Waals surface area contributed by atoms with Crippen LogP contribution in [0.2, 0.25) is 0 Å². The maximum absolute atomic E-state index is 13.3. The van der Waals surface area contributed by atoms with Crippen molar-refractivity contribution in [2.24, 2.45) is 11.0 Å². The highest BCUT2D eigenvalue weighted by Crippen LogP contribution is 2.30. The summed E-state index contributed by atoms with van der Waals surface area (Å²) in [6, 6.07) is 7.55. The lowest BCUT2D eigenvalue weighted by Gasteiger charge is -2.33. The molecule has 1 heterocycles. The molecule has 1 aromatic heterocycles. The molecule has 184 valence electrons. The lowest BCUT2D eigenvalue weighted by atomic mass is 9.85. The van der Waals surface area contributed by atoms with Crippen molar-refractivity contribution in [1.82, 2.24) is 14.4 Å². The molecule has 34 heavy (non-hydrogen) atoms. The SMILES string of the molecule is CC(C)(C)OC(=O)N(Cc1cc2ccc(CN=[N+]=N)cc2n1C(=O)OC(C)(C)C)CC1CCC1. The Bertz CT molecular complexity index is 1100. The van der Waals surface area contributed by atoms with E-state index in [0.717, 1.165) is 23.8 Å². The summed E-state index contributed by atoms with van der Waals surface area (Å²) in [6.45, 7) is 12.0. The summed E-state index contributed by atoms with van der Waals surface area (Å²) in [5.74, 6) is 0.439. The Hall–Kier alpha value is -3.19. The van der Waals surface area contributed by atoms with Gasteiger partial charge in [0.05, 0.1) is 12.1 Å². The molecule has 3 rings (SSSR count). The average Bonchev–Trinajstić information content (AvgIpc) is 3.02. The van der Waals surface area contributed by atoms with Gasteiger partial charge in [0.2, 0.25) is 4.91 Å². The van der Waals surface area contributed by atoms with Crippen LogP contribution in [0.15, 0.2) is 29.4 Å². The second-order valence-electron chi connectivity index (χ2n) is 10.9. The fourth-order valence-electron chi connectivity index (χ4n) is 3.87. The summed E-state index contributed by atoms with van der Waals surface area (Å²) >= 11 is 0. The Morgan fingerprint density at radius 1 is 1.12 bits per heavy atom. The van der Waals surface area contributed by atoms with Crippen LogP contribution in [0, 0.1) is 11.4 Å². The van der Waals surface area contributed by atoms with E-state index in [4.69, 9.17) is 15.0 Å². The van der Waals surface area contributed by atoms with Crippen LogP contribution < -0.4 is 4.91 Å². The van der Waals surface area contributed by atoms with Gasteiger partial charge >= 0.3 is 12.2 Å². The fraction of sp³-hybridized carbons (Fsp3) is 0.600. The lowest BCUT2D eigenvalue weighted by molar-refractivity contribution is 0.0163. The molecule has 1 amide bonds. The normalized spacial score (nSPS) is 14.3. The largest absolute Gasteiger partial charge is 0.444 e. The van der Waals surface area contributed by atoms with Crippen molar-refractivity contribution in [2.75, 3.05) is 6.54 Å². The Balaban J connectivity index is 2.03. The van der Waals surface area contributed by atoms with E-state index >= 15 is 0 Å². The van der Waals surface area contributed by atoms with E-state index in [-0.39, 0.29) is 13.1 Å². The lowest BCUT2D eigenvalue weighted by Crippen LogP contribution is -2.41. The van der Waals surface area contributed by atoms with E-state index in [2.05, 4.69) is 10.0 Å². The van der Waals surface area contributed by atoms with Crippen molar-refractivity contribution in [3.05, 3.63) is 35.5 Å². The summed E-state index contributed by atoms with van der Waals surface area (Å²) in [5, 5.41) is 4.59. The first-order valence-electron chi connectivity index (χ1n) is 11.7. The minimum absolute atomic E-state index is 0.223. The number of rotatable bonds is 6. The number of fused-ring (bicyclic) bond motifs is 1. The van der Waals surface area contributed by atoms with E-state index in [1.54, 1.807) is 4.90 Å². The molecule has 9 heteroatoms. The Morgan fingerprint density at radius 2 is 1.79 bits per heavy atom. The highest BCUT2D eigenvalue weighted by molar-refractivity contribution is 5.91. The van der Waals surface area contributed by atoms with Gasteiger partial charge in [0.15, 0.2) is 0 Å². The summed E-state index contributed by atoms with van der Waals surface area (Å²) in [4.78, 5) is 31.1. The average molecular weight is 471 g/mol. The molecule has 0 atom stereocenters. The van der Waals surface area contributed by atoms with Crippen molar-refractivity contribution in [2.45, 2.75) is 85.1 Å². The van der Waals surface area contributed by atoms with Gasteiger partial charge in [0.1, 0.15) is 28.4 Å². The molecule has 1 aliphatic rings. The van der Waals surface area contributed by atoms with Crippen LogP contribution in [0.5, 0.6) is 0 Å². The van der Waals surface area contributed by atoms with E-state index in [1.807, 2.05) is 65.8 Å². The third-order valence-electron chi connectivity index (χ3n) is 5.55. The predicted octanol–water partition coefficient (Wildman–Crippen LogP) is 6.01. The highest BCUT2D eigenvalue weighted by Gasteiger charge is 2.30. The van der Waals surface area contributed by atoms with Crippen molar-refractivity contribution in [1.29, 1.82) is 5.53 Å². The first-order chi connectivity index (χ1) is 15.9. The number of carbonyl (C=O) groups excluding carboxylic acids is 2. The molecule has 0 radical (unpaired) electrons. The molecule has 0 aliphatic heterocycles. The van der Waals surface area contributed by atoms with Crippen LogP contribution in [0.25, 0.3) is 10.9 Å². The van der Waals surface area contributed by atoms with Gasteiger partial charge in [0, 0.05) is 17.6 Å². The molecule has 1 saturated carbocycles. The molecule has 9 nitrogen and oxygen atoms in total. The number of amides is 1. The summed E-state index contributed by atoms with van der Waals surface area (Å²) < 4.78 is 12.9. The van der Waals surface area contributed by atoms with Crippen LogP contribution in [-0.2, 0) is 22.6 Å². The molecule has 1 N–H and O–H groups in total. The van der Waals surface area contributed by atoms with Crippen LogP contribution in [0.1, 0.15) is 72.1 Å². The zero-order valence-electron chi connectivity index (χ0n) is 21.1. The molecule has 1 aliphatic carbocycles. The number of nitrogens with zero attached hydrogens (tertiary/aromatic N) is 4. The fourth-order valence-corrected chi connectivity index (χ4v) is 3.87. The van der Waals surface area contributed by atoms with Gasteiger partial charge in [-0.3, -0.25) is 0 Å². The number of aromatic nitrogens is 1. The number of benzene rings is 1. The van der Waals surface area contributed by atoms with Crippen LogP contribution in [0.3, 0.4) is 0 Å². The minimum atomic E-state index is -0.682. The van der Waals surface area contributed by atoms with E-state index in [0.29, 0.717) is 23.7 Å². The topological polar surface area (TPSA) is 111 Å². The molecule has 2 aromatic rings. The quantitative estimate of drug-likeness (QED) is 0.411. The molecule has 0 saturated heterocycles. The Morgan fingerprint density at radius 3 is 2.35 bits per heavy atom. The summed E-state index contributed by atoms with van der Waals surface area (Å²) in [5.41, 5.74) is 7.74. The van der Waals surface area contributed by atoms with Crippen molar-refractivity contribution >= 4 is 23.1 Å². The molecular formula is C25H36N5O4+. The van der Waals surface area contributed by atoms with Crippen molar-refractivity contribution in [3.63, 3.8) is 0 Å². The summed E-state index contributed by atoms with van der Waals surface area (Å²) in [6.07, 6.45) is 2.44. The maximum Gasteiger partial charge on any atom is 0.419 e. The van der Waals surface area contributed by atoms with Crippen molar-refractivity contribution in [3.8, 4) is 0 Å². The monoisotopic (exact) mass is 470 g/mol. The van der Waals surface area contributed by atoms with E-state index in [1.165, 1.54) is 11.0 Å². The molecule has 1 fully saturated rings.